The molecule has 116 valence electrons. The Hall–Kier alpha value is -2.14. The van der Waals surface area contributed by atoms with Crippen LogP contribution in [0.4, 0.5) is 0 Å². The molecule has 0 spiro atoms. The van der Waals surface area contributed by atoms with Gasteiger partial charge in [0.15, 0.2) is 0 Å². The first-order valence-electron chi connectivity index (χ1n) is 7.63. The van der Waals surface area contributed by atoms with Crippen LogP contribution in [0.2, 0.25) is 0 Å². The molecule has 0 saturated heterocycles. The molecule has 1 aliphatic carbocycles. The minimum Gasteiger partial charge on any atom is -0.422 e. The van der Waals surface area contributed by atoms with Crippen molar-refractivity contribution in [1.82, 2.24) is 5.32 Å². The maximum Gasteiger partial charge on any atom is 0.349 e. The second-order valence-corrected chi connectivity index (χ2v) is 5.79. The van der Waals surface area contributed by atoms with E-state index in [2.05, 4.69) is 5.32 Å². The van der Waals surface area contributed by atoms with Crippen LogP contribution in [0.15, 0.2) is 39.5 Å². The average molecular weight is 301 g/mol. The summed E-state index contributed by atoms with van der Waals surface area (Å²) in [4.78, 5) is 24.4. The molecular formula is C17H19NO4. The molecule has 1 aliphatic rings. The molecule has 3 rings (SSSR count). The maximum atomic E-state index is 12.4. The van der Waals surface area contributed by atoms with Gasteiger partial charge in [0.05, 0.1) is 0 Å². The number of hydrogen-bond acceptors (Lipinski definition) is 4. The third kappa shape index (κ3) is 2.90. The van der Waals surface area contributed by atoms with E-state index < -0.39 is 11.5 Å². The molecule has 1 fully saturated rings. The molecule has 1 heterocycles. The highest BCUT2D eigenvalue weighted by molar-refractivity contribution is 5.96. The number of para-hydroxylation sites is 1. The van der Waals surface area contributed by atoms with Crippen molar-refractivity contribution >= 4 is 16.9 Å². The van der Waals surface area contributed by atoms with Crippen molar-refractivity contribution in [3.63, 3.8) is 0 Å². The van der Waals surface area contributed by atoms with Crippen molar-refractivity contribution in [2.75, 3.05) is 6.61 Å². The van der Waals surface area contributed by atoms with E-state index in [1.165, 1.54) is 0 Å². The molecule has 22 heavy (non-hydrogen) atoms. The molecule has 2 N–H and O–H groups in total. The summed E-state index contributed by atoms with van der Waals surface area (Å²) in [6, 6.07) is 8.57. The van der Waals surface area contributed by atoms with Crippen LogP contribution in [0.1, 0.15) is 36.0 Å². The Balaban J connectivity index is 1.85. The van der Waals surface area contributed by atoms with Crippen LogP contribution in [0.25, 0.3) is 11.0 Å². The van der Waals surface area contributed by atoms with E-state index in [1.807, 2.05) is 6.07 Å². The summed E-state index contributed by atoms with van der Waals surface area (Å²) in [6.07, 6.45) is 3.81. The number of benzene rings is 1. The Kier molecular flexibility index (Phi) is 4.24. The topological polar surface area (TPSA) is 79.5 Å². The van der Waals surface area contributed by atoms with Crippen LogP contribution < -0.4 is 10.9 Å². The summed E-state index contributed by atoms with van der Waals surface area (Å²) in [7, 11) is 0. The zero-order valence-corrected chi connectivity index (χ0v) is 12.2. The second-order valence-electron chi connectivity index (χ2n) is 5.79. The molecule has 0 aliphatic heterocycles. The number of aliphatic hydroxyl groups excluding tert-OH is 1. The van der Waals surface area contributed by atoms with Gasteiger partial charge in [-0.15, -0.1) is 0 Å². The molecule has 5 heteroatoms. The van der Waals surface area contributed by atoms with Gasteiger partial charge in [-0.05, 0) is 25.0 Å². The maximum absolute atomic E-state index is 12.4. The fourth-order valence-corrected chi connectivity index (χ4v) is 3.08. The van der Waals surface area contributed by atoms with Gasteiger partial charge in [-0.2, -0.15) is 0 Å². The van der Waals surface area contributed by atoms with Crippen molar-refractivity contribution in [1.29, 1.82) is 0 Å². The lowest BCUT2D eigenvalue weighted by molar-refractivity contribution is 0.0869. The first kappa shape index (κ1) is 14.8. The number of aliphatic hydroxyl groups is 1. The van der Waals surface area contributed by atoms with Gasteiger partial charge in [0.25, 0.3) is 5.91 Å². The predicted octanol–water partition coefficient (Wildman–Crippen LogP) is 2.07. The van der Waals surface area contributed by atoms with Gasteiger partial charge in [0.1, 0.15) is 11.1 Å². The van der Waals surface area contributed by atoms with Gasteiger partial charge in [-0.1, -0.05) is 31.0 Å². The van der Waals surface area contributed by atoms with Crippen molar-refractivity contribution in [3.05, 3.63) is 46.3 Å². The third-order valence-electron chi connectivity index (χ3n) is 4.35. The van der Waals surface area contributed by atoms with Gasteiger partial charge in [0, 0.05) is 24.0 Å². The average Bonchev–Trinajstić information content (AvgIpc) is 2.54. The van der Waals surface area contributed by atoms with E-state index in [4.69, 9.17) is 4.42 Å². The van der Waals surface area contributed by atoms with Crippen LogP contribution in [0, 0.1) is 5.92 Å². The standard InChI is InChI=1S/C17H19NO4/c19-10-12-6-1-3-7-14(12)18-16(20)13-9-11-5-2-4-8-15(11)22-17(13)21/h2,4-5,8-9,12,14,19H,1,3,6-7,10H2,(H,18,20). The number of carbonyl (C=O) groups is 1. The van der Waals surface area contributed by atoms with E-state index in [1.54, 1.807) is 24.3 Å². The summed E-state index contributed by atoms with van der Waals surface area (Å²) < 4.78 is 5.19. The first-order valence-corrected chi connectivity index (χ1v) is 7.63. The Morgan fingerprint density at radius 3 is 2.86 bits per heavy atom. The number of carbonyl (C=O) groups excluding carboxylic acids is 1. The highest BCUT2D eigenvalue weighted by atomic mass is 16.4. The van der Waals surface area contributed by atoms with Crippen molar-refractivity contribution < 1.29 is 14.3 Å². The van der Waals surface area contributed by atoms with Crippen molar-refractivity contribution in [3.8, 4) is 0 Å². The van der Waals surface area contributed by atoms with Crippen LogP contribution in [-0.2, 0) is 0 Å². The van der Waals surface area contributed by atoms with Crippen LogP contribution in [0.3, 0.4) is 0 Å². The molecule has 1 aromatic heterocycles. The molecule has 2 unspecified atom stereocenters. The fraction of sp³-hybridized carbons (Fsp3) is 0.412. The Labute approximate surface area is 127 Å². The molecule has 1 aromatic carbocycles. The lowest BCUT2D eigenvalue weighted by atomic mass is 9.85. The van der Waals surface area contributed by atoms with E-state index in [0.29, 0.717) is 5.58 Å². The number of amides is 1. The van der Waals surface area contributed by atoms with Gasteiger partial charge < -0.3 is 14.8 Å². The number of fused-ring (bicyclic) bond motifs is 1. The van der Waals surface area contributed by atoms with E-state index in [9.17, 15) is 14.7 Å². The van der Waals surface area contributed by atoms with Crippen LogP contribution in [0.5, 0.6) is 0 Å². The summed E-state index contributed by atoms with van der Waals surface area (Å²) in [5.41, 5.74) is -0.150. The molecule has 1 amide bonds. The SMILES string of the molecule is O=C(NC1CCCCC1CO)c1cc2ccccc2oc1=O. The van der Waals surface area contributed by atoms with Gasteiger partial charge in [-0.3, -0.25) is 4.79 Å². The molecule has 0 radical (unpaired) electrons. The molecule has 2 aromatic rings. The highest BCUT2D eigenvalue weighted by Crippen LogP contribution is 2.24. The Bertz CT molecular complexity index is 737. The molecule has 2 atom stereocenters. The minimum absolute atomic E-state index is 0.0148. The van der Waals surface area contributed by atoms with Crippen LogP contribution >= 0.6 is 0 Å². The number of nitrogens with one attached hydrogen (secondary N) is 1. The highest BCUT2D eigenvalue weighted by Gasteiger charge is 2.27. The summed E-state index contributed by atoms with van der Waals surface area (Å²) >= 11 is 0. The zero-order chi connectivity index (χ0) is 15.5. The van der Waals surface area contributed by atoms with E-state index in [-0.39, 0.29) is 24.1 Å². The van der Waals surface area contributed by atoms with E-state index >= 15 is 0 Å². The van der Waals surface area contributed by atoms with Gasteiger partial charge in [0.2, 0.25) is 0 Å². The van der Waals surface area contributed by atoms with Crippen molar-refractivity contribution in [2.24, 2.45) is 5.92 Å². The zero-order valence-electron chi connectivity index (χ0n) is 12.2. The lowest BCUT2D eigenvalue weighted by Gasteiger charge is -2.30. The first-order chi connectivity index (χ1) is 10.7. The quantitative estimate of drug-likeness (QED) is 0.851. The van der Waals surface area contributed by atoms with Crippen LogP contribution in [-0.4, -0.2) is 23.7 Å². The molecule has 5 nitrogen and oxygen atoms in total. The monoisotopic (exact) mass is 301 g/mol. The fourth-order valence-electron chi connectivity index (χ4n) is 3.08. The summed E-state index contributed by atoms with van der Waals surface area (Å²) in [5.74, 6) is -0.366. The smallest absolute Gasteiger partial charge is 0.349 e. The lowest BCUT2D eigenvalue weighted by Crippen LogP contribution is -2.44. The minimum atomic E-state index is -0.632. The molecule has 0 bridgehead atoms. The number of hydrogen-bond donors (Lipinski definition) is 2. The normalized spacial score (nSPS) is 21.7. The predicted molar refractivity (Wildman–Crippen MR) is 82.8 cm³/mol. The summed E-state index contributed by atoms with van der Waals surface area (Å²) in [5, 5.41) is 13.0. The second kappa shape index (κ2) is 6.32. The van der Waals surface area contributed by atoms with Gasteiger partial charge >= 0.3 is 5.63 Å². The largest absolute Gasteiger partial charge is 0.422 e. The third-order valence-corrected chi connectivity index (χ3v) is 4.35. The van der Waals surface area contributed by atoms with Gasteiger partial charge in [-0.25, -0.2) is 4.79 Å². The summed E-state index contributed by atoms with van der Waals surface area (Å²) in [6.45, 7) is 0.0529. The number of rotatable bonds is 3. The van der Waals surface area contributed by atoms with Crippen molar-refractivity contribution in [2.45, 2.75) is 31.7 Å². The molecular weight excluding hydrogens is 282 g/mol. The Morgan fingerprint density at radius 2 is 2.05 bits per heavy atom. The van der Waals surface area contributed by atoms with E-state index in [0.717, 1.165) is 31.1 Å². The Morgan fingerprint density at radius 1 is 1.27 bits per heavy atom. The molecule has 1 saturated carbocycles.